The second-order valence-electron chi connectivity index (χ2n) is 6.92. The minimum absolute atomic E-state index is 0.0227. The highest BCUT2D eigenvalue weighted by atomic mass is 16.5. The standard InChI is InChI=1S/C23H22N4O5/c1-28-13-7-5-6-12(8-13)21-20-19(15(11-24)22(25)32-23(20)27-26-21)14-9-17(30-3)18(31-4)10-16(14)29-2/h5-10,19H,25H2,1-4H3,(H,26,27)/t19-/m1/s1. The lowest BCUT2D eigenvalue weighted by atomic mass is 9.82. The Labute approximate surface area is 184 Å². The third-order valence-electron chi connectivity index (χ3n) is 5.34. The zero-order valence-electron chi connectivity index (χ0n) is 18.1. The van der Waals surface area contributed by atoms with Gasteiger partial charge in [-0.05, 0) is 18.2 Å². The second kappa shape index (κ2) is 8.43. The van der Waals surface area contributed by atoms with Crippen molar-refractivity contribution in [1.82, 2.24) is 10.2 Å². The van der Waals surface area contributed by atoms with Gasteiger partial charge in [-0.1, -0.05) is 12.1 Å². The Kier molecular flexibility index (Phi) is 5.52. The van der Waals surface area contributed by atoms with E-state index in [0.717, 1.165) is 5.56 Å². The fourth-order valence-electron chi connectivity index (χ4n) is 3.83. The molecule has 9 heteroatoms. The Balaban J connectivity index is 2.00. The van der Waals surface area contributed by atoms with Crippen molar-refractivity contribution in [2.75, 3.05) is 28.4 Å². The number of aromatic nitrogens is 2. The molecule has 0 spiro atoms. The molecule has 32 heavy (non-hydrogen) atoms. The first-order chi connectivity index (χ1) is 15.6. The van der Waals surface area contributed by atoms with Crippen LogP contribution in [-0.2, 0) is 0 Å². The number of rotatable bonds is 6. The number of allylic oxidation sites excluding steroid dienone is 1. The summed E-state index contributed by atoms with van der Waals surface area (Å²) in [6.45, 7) is 0. The van der Waals surface area contributed by atoms with Crippen LogP contribution < -0.4 is 29.4 Å². The highest BCUT2D eigenvalue weighted by molar-refractivity contribution is 5.73. The quantitative estimate of drug-likeness (QED) is 0.605. The van der Waals surface area contributed by atoms with Crippen LogP contribution in [-0.4, -0.2) is 38.6 Å². The molecule has 0 saturated heterocycles. The lowest BCUT2D eigenvalue weighted by molar-refractivity contribution is 0.346. The summed E-state index contributed by atoms with van der Waals surface area (Å²) in [6.07, 6.45) is 0. The second-order valence-corrected chi connectivity index (χ2v) is 6.92. The normalized spacial score (nSPS) is 14.8. The van der Waals surface area contributed by atoms with E-state index >= 15 is 0 Å². The van der Waals surface area contributed by atoms with Gasteiger partial charge in [0.15, 0.2) is 11.5 Å². The number of nitrogens with zero attached hydrogens (tertiary/aromatic N) is 2. The van der Waals surface area contributed by atoms with Gasteiger partial charge in [0.2, 0.25) is 11.8 Å². The molecule has 1 aromatic heterocycles. The Bertz CT molecular complexity index is 1240. The topological polar surface area (TPSA) is 125 Å². The van der Waals surface area contributed by atoms with Crippen molar-refractivity contribution in [3.8, 4) is 46.2 Å². The van der Waals surface area contributed by atoms with Gasteiger partial charge in [0.05, 0.1) is 45.6 Å². The third-order valence-corrected chi connectivity index (χ3v) is 5.34. The van der Waals surface area contributed by atoms with E-state index in [1.54, 1.807) is 40.6 Å². The molecule has 2 heterocycles. The predicted octanol–water partition coefficient (Wildman–Crippen LogP) is 3.33. The summed E-state index contributed by atoms with van der Waals surface area (Å²) in [5, 5.41) is 17.3. The van der Waals surface area contributed by atoms with Crippen LogP contribution in [0.25, 0.3) is 11.3 Å². The highest BCUT2D eigenvalue weighted by Crippen LogP contribution is 2.50. The van der Waals surface area contributed by atoms with Gasteiger partial charge >= 0.3 is 0 Å². The molecule has 0 unspecified atom stereocenters. The summed E-state index contributed by atoms with van der Waals surface area (Å²) in [6, 6.07) is 13.1. The lowest BCUT2D eigenvalue weighted by Gasteiger charge is -2.26. The van der Waals surface area contributed by atoms with Crippen molar-refractivity contribution >= 4 is 0 Å². The Hall–Kier alpha value is -4.32. The van der Waals surface area contributed by atoms with Crippen molar-refractivity contribution in [1.29, 1.82) is 5.26 Å². The monoisotopic (exact) mass is 434 g/mol. The smallest absolute Gasteiger partial charge is 0.244 e. The molecule has 0 fully saturated rings. The maximum atomic E-state index is 9.98. The zero-order valence-corrected chi connectivity index (χ0v) is 18.1. The fraction of sp³-hybridized carbons (Fsp3) is 0.217. The highest BCUT2D eigenvalue weighted by Gasteiger charge is 2.38. The SMILES string of the molecule is COc1cccc(-c2[nH]nc3c2[C@H](c2cc(OC)c(OC)cc2OC)C(C#N)=C(N)O3)c1. The molecule has 3 N–H and O–H groups in total. The Morgan fingerprint density at radius 3 is 2.38 bits per heavy atom. The summed E-state index contributed by atoms with van der Waals surface area (Å²) in [4.78, 5) is 0. The van der Waals surface area contributed by atoms with E-state index in [-0.39, 0.29) is 17.3 Å². The molecule has 2 aromatic carbocycles. The average molecular weight is 434 g/mol. The minimum Gasteiger partial charge on any atom is -0.497 e. The summed E-state index contributed by atoms with van der Waals surface area (Å²) in [7, 11) is 6.22. The van der Waals surface area contributed by atoms with Gasteiger partial charge in [-0.3, -0.25) is 5.10 Å². The van der Waals surface area contributed by atoms with Crippen LogP contribution in [0.15, 0.2) is 47.9 Å². The van der Waals surface area contributed by atoms with Gasteiger partial charge < -0.3 is 29.4 Å². The van der Waals surface area contributed by atoms with E-state index in [1.165, 1.54) is 0 Å². The van der Waals surface area contributed by atoms with E-state index in [4.69, 9.17) is 29.4 Å². The molecule has 3 aromatic rings. The third kappa shape index (κ3) is 3.32. The molecule has 0 bridgehead atoms. The van der Waals surface area contributed by atoms with E-state index in [1.807, 2.05) is 24.3 Å². The molecule has 0 aliphatic carbocycles. The maximum Gasteiger partial charge on any atom is 0.244 e. The number of methoxy groups -OCH3 is 4. The number of nitrogens with two attached hydrogens (primary N) is 1. The van der Waals surface area contributed by atoms with Crippen molar-refractivity contribution in [2.45, 2.75) is 5.92 Å². The number of ether oxygens (including phenoxy) is 5. The molecule has 0 saturated carbocycles. The van der Waals surface area contributed by atoms with Crippen molar-refractivity contribution in [3.63, 3.8) is 0 Å². The number of hydrogen-bond acceptors (Lipinski definition) is 8. The van der Waals surface area contributed by atoms with E-state index in [2.05, 4.69) is 16.3 Å². The van der Waals surface area contributed by atoms with Gasteiger partial charge in [-0.25, -0.2) is 0 Å². The van der Waals surface area contributed by atoms with Crippen LogP contribution >= 0.6 is 0 Å². The molecule has 1 aliphatic heterocycles. The predicted molar refractivity (Wildman–Crippen MR) is 116 cm³/mol. The van der Waals surface area contributed by atoms with Crippen molar-refractivity contribution in [2.24, 2.45) is 5.73 Å². The summed E-state index contributed by atoms with van der Waals surface area (Å²) >= 11 is 0. The molecule has 0 amide bonds. The summed E-state index contributed by atoms with van der Waals surface area (Å²) < 4.78 is 27.6. The van der Waals surface area contributed by atoms with Crippen molar-refractivity contribution < 1.29 is 23.7 Å². The number of nitriles is 1. The van der Waals surface area contributed by atoms with Crippen LogP contribution in [0.1, 0.15) is 17.0 Å². The Morgan fingerprint density at radius 1 is 1.00 bits per heavy atom. The molecule has 1 atom stereocenters. The van der Waals surface area contributed by atoms with E-state index in [0.29, 0.717) is 39.8 Å². The van der Waals surface area contributed by atoms with E-state index < -0.39 is 5.92 Å². The first-order valence-corrected chi connectivity index (χ1v) is 9.66. The summed E-state index contributed by atoms with van der Waals surface area (Å²) in [5.74, 6) is 1.79. The molecule has 9 nitrogen and oxygen atoms in total. The average Bonchev–Trinajstić information content (AvgIpc) is 3.25. The molecular weight excluding hydrogens is 412 g/mol. The zero-order chi connectivity index (χ0) is 22.8. The van der Waals surface area contributed by atoms with Gasteiger partial charge in [0, 0.05) is 17.2 Å². The summed E-state index contributed by atoms with van der Waals surface area (Å²) in [5.41, 5.74) is 9.12. The number of nitrogens with one attached hydrogen (secondary N) is 1. The van der Waals surface area contributed by atoms with Crippen LogP contribution in [0, 0.1) is 11.3 Å². The molecular formula is C23H22N4O5. The number of H-pyrrole nitrogens is 1. The van der Waals surface area contributed by atoms with Gasteiger partial charge in [0.1, 0.15) is 23.1 Å². The van der Waals surface area contributed by atoms with E-state index in [9.17, 15) is 5.26 Å². The number of aromatic amines is 1. The fourth-order valence-corrected chi connectivity index (χ4v) is 3.83. The van der Waals surface area contributed by atoms with Gasteiger partial charge in [-0.2, -0.15) is 5.26 Å². The number of benzene rings is 2. The molecule has 4 rings (SSSR count). The van der Waals surface area contributed by atoms with Crippen LogP contribution in [0.3, 0.4) is 0 Å². The van der Waals surface area contributed by atoms with Crippen molar-refractivity contribution in [3.05, 3.63) is 59.0 Å². The van der Waals surface area contributed by atoms with Gasteiger partial charge in [-0.15, -0.1) is 5.10 Å². The van der Waals surface area contributed by atoms with Crippen LogP contribution in [0.5, 0.6) is 28.9 Å². The molecule has 0 radical (unpaired) electrons. The number of hydrogen-bond donors (Lipinski definition) is 2. The number of fused-ring (bicyclic) bond motifs is 1. The van der Waals surface area contributed by atoms with Gasteiger partial charge in [0.25, 0.3) is 0 Å². The maximum absolute atomic E-state index is 9.98. The largest absolute Gasteiger partial charge is 0.497 e. The van der Waals surface area contributed by atoms with Crippen LogP contribution in [0.4, 0.5) is 0 Å². The van der Waals surface area contributed by atoms with Crippen LogP contribution in [0.2, 0.25) is 0 Å². The molecule has 164 valence electrons. The lowest BCUT2D eigenvalue weighted by Crippen LogP contribution is -2.21. The Morgan fingerprint density at radius 2 is 1.72 bits per heavy atom. The molecule has 1 aliphatic rings. The minimum atomic E-state index is -0.626. The first-order valence-electron chi connectivity index (χ1n) is 9.66. The first kappa shape index (κ1) is 20.9.